The van der Waals surface area contributed by atoms with Crippen molar-refractivity contribution in [3.8, 4) is 0 Å². The van der Waals surface area contributed by atoms with Gasteiger partial charge in [-0.05, 0) is 18.3 Å². The van der Waals surface area contributed by atoms with Crippen molar-refractivity contribution < 1.29 is 9.53 Å². The number of rotatable bonds is 6. The van der Waals surface area contributed by atoms with Gasteiger partial charge in [0.05, 0.1) is 12.6 Å². The summed E-state index contributed by atoms with van der Waals surface area (Å²) in [6.07, 6.45) is 5.98. The predicted molar refractivity (Wildman–Crippen MR) is 94.6 cm³/mol. The van der Waals surface area contributed by atoms with Gasteiger partial charge in [0.15, 0.2) is 5.96 Å². The number of carbonyl (C=O) groups is 1. The highest BCUT2D eigenvalue weighted by molar-refractivity contribution is 5.86. The minimum atomic E-state index is 0.0268. The zero-order valence-corrected chi connectivity index (χ0v) is 15.4. The fraction of sp³-hybridized carbons (Fsp3) is 0.882. The summed E-state index contributed by atoms with van der Waals surface area (Å²) in [7, 11) is 3.42. The van der Waals surface area contributed by atoms with Crippen LogP contribution >= 0.6 is 0 Å². The van der Waals surface area contributed by atoms with E-state index in [9.17, 15) is 4.79 Å². The van der Waals surface area contributed by atoms with Crippen LogP contribution in [0.2, 0.25) is 0 Å². The minimum Gasteiger partial charge on any atom is -0.379 e. The molecule has 1 aliphatic rings. The van der Waals surface area contributed by atoms with Gasteiger partial charge < -0.3 is 20.7 Å². The van der Waals surface area contributed by atoms with Crippen molar-refractivity contribution in [1.29, 1.82) is 0 Å². The largest absolute Gasteiger partial charge is 0.379 e. The van der Waals surface area contributed by atoms with Crippen molar-refractivity contribution >= 4 is 11.9 Å². The molecule has 6 nitrogen and oxygen atoms in total. The SMILES string of the molecule is CN=C(NCC(=O)NC1CCCCC1)NCC(OC)C(C)(C)C. The molecule has 0 saturated heterocycles. The summed E-state index contributed by atoms with van der Waals surface area (Å²) in [5, 5.41) is 9.37. The number of carbonyl (C=O) groups excluding carboxylic acids is 1. The van der Waals surface area contributed by atoms with Gasteiger partial charge in [-0.3, -0.25) is 9.79 Å². The molecule has 134 valence electrons. The monoisotopic (exact) mass is 326 g/mol. The summed E-state index contributed by atoms with van der Waals surface area (Å²) in [5.41, 5.74) is 0.0406. The van der Waals surface area contributed by atoms with E-state index in [1.165, 1.54) is 19.3 Å². The lowest BCUT2D eigenvalue weighted by molar-refractivity contribution is -0.120. The van der Waals surface area contributed by atoms with E-state index in [0.29, 0.717) is 18.5 Å². The average molecular weight is 326 g/mol. The van der Waals surface area contributed by atoms with Gasteiger partial charge in [-0.1, -0.05) is 40.0 Å². The van der Waals surface area contributed by atoms with Crippen LogP contribution in [0, 0.1) is 5.41 Å². The molecule has 1 unspecified atom stereocenters. The fourth-order valence-corrected chi connectivity index (χ4v) is 2.84. The second kappa shape index (κ2) is 9.75. The molecule has 0 aromatic heterocycles. The number of hydrogen-bond donors (Lipinski definition) is 3. The van der Waals surface area contributed by atoms with Gasteiger partial charge >= 0.3 is 0 Å². The third-order valence-electron chi connectivity index (χ3n) is 4.32. The fourth-order valence-electron chi connectivity index (χ4n) is 2.84. The summed E-state index contributed by atoms with van der Waals surface area (Å²) >= 11 is 0. The molecule has 0 bridgehead atoms. The first-order valence-electron chi connectivity index (χ1n) is 8.63. The molecular formula is C17H34N4O2. The Morgan fingerprint density at radius 3 is 2.39 bits per heavy atom. The molecule has 23 heavy (non-hydrogen) atoms. The van der Waals surface area contributed by atoms with E-state index in [0.717, 1.165) is 12.8 Å². The number of ether oxygens (including phenoxy) is 1. The van der Waals surface area contributed by atoms with Gasteiger partial charge in [0.25, 0.3) is 0 Å². The Bertz CT molecular complexity index is 385. The molecule has 0 aliphatic heterocycles. The number of methoxy groups -OCH3 is 1. The quantitative estimate of drug-likeness (QED) is 0.513. The van der Waals surface area contributed by atoms with Gasteiger partial charge in [-0.25, -0.2) is 0 Å². The van der Waals surface area contributed by atoms with Gasteiger partial charge in [-0.2, -0.15) is 0 Å². The molecular weight excluding hydrogens is 292 g/mol. The van der Waals surface area contributed by atoms with Crippen LogP contribution in [-0.2, 0) is 9.53 Å². The minimum absolute atomic E-state index is 0.0268. The lowest BCUT2D eigenvalue weighted by Crippen LogP contribution is -2.48. The molecule has 0 heterocycles. The third kappa shape index (κ3) is 7.68. The highest BCUT2D eigenvalue weighted by Gasteiger charge is 2.24. The topological polar surface area (TPSA) is 74.8 Å². The molecule has 0 spiro atoms. The van der Waals surface area contributed by atoms with E-state index in [-0.39, 0.29) is 24.0 Å². The molecule has 1 saturated carbocycles. The van der Waals surface area contributed by atoms with E-state index in [4.69, 9.17) is 4.74 Å². The van der Waals surface area contributed by atoms with Gasteiger partial charge in [0, 0.05) is 26.7 Å². The summed E-state index contributed by atoms with van der Waals surface area (Å²) < 4.78 is 5.51. The Kier molecular flexibility index (Phi) is 8.37. The maximum atomic E-state index is 12.0. The van der Waals surface area contributed by atoms with Crippen LogP contribution in [0.4, 0.5) is 0 Å². The maximum absolute atomic E-state index is 12.0. The zero-order valence-electron chi connectivity index (χ0n) is 15.4. The lowest BCUT2D eigenvalue weighted by atomic mass is 9.89. The highest BCUT2D eigenvalue weighted by Crippen LogP contribution is 2.20. The summed E-state index contributed by atoms with van der Waals surface area (Å²) in [6, 6.07) is 0.340. The van der Waals surface area contributed by atoms with Crippen molar-refractivity contribution in [2.75, 3.05) is 27.2 Å². The van der Waals surface area contributed by atoms with Crippen LogP contribution in [0.3, 0.4) is 0 Å². The van der Waals surface area contributed by atoms with Crippen molar-refractivity contribution in [3.63, 3.8) is 0 Å². The normalized spacial score (nSPS) is 18.4. The molecule has 3 N–H and O–H groups in total. The number of aliphatic imine (C=N–C) groups is 1. The zero-order chi connectivity index (χ0) is 17.3. The van der Waals surface area contributed by atoms with Crippen LogP contribution in [0.5, 0.6) is 0 Å². The van der Waals surface area contributed by atoms with Crippen LogP contribution in [0.25, 0.3) is 0 Å². The number of nitrogens with one attached hydrogen (secondary N) is 3. The molecule has 1 atom stereocenters. The van der Waals surface area contributed by atoms with Gasteiger partial charge in [-0.15, -0.1) is 0 Å². The second-order valence-electron chi connectivity index (χ2n) is 7.30. The van der Waals surface area contributed by atoms with Crippen molar-refractivity contribution in [3.05, 3.63) is 0 Å². The van der Waals surface area contributed by atoms with Crippen molar-refractivity contribution in [1.82, 2.24) is 16.0 Å². The van der Waals surface area contributed by atoms with Crippen molar-refractivity contribution in [2.45, 2.75) is 65.0 Å². The average Bonchev–Trinajstić information content (AvgIpc) is 2.50. The number of amides is 1. The van der Waals surface area contributed by atoms with Crippen molar-refractivity contribution in [2.24, 2.45) is 10.4 Å². The van der Waals surface area contributed by atoms with Crippen LogP contribution in [0.1, 0.15) is 52.9 Å². The molecule has 0 radical (unpaired) electrons. The Morgan fingerprint density at radius 2 is 1.87 bits per heavy atom. The molecule has 0 aromatic rings. The molecule has 1 aliphatic carbocycles. The number of nitrogens with zero attached hydrogens (tertiary/aromatic N) is 1. The Labute approximate surface area is 140 Å². The standard InChI is InChI=1S/C17H34N4O2/c1-17(2,3)14(23-5)11-19-16(18-4)20-12-15(22)21-13-9-7-6-8-10-13/h13-14H,6-12H2,1-5H3,(H,21,22)(H2,18,19,20). The molecule has 1 rings (SSSR count). The number of hydrogen-bond acceptors (Lipinski definition) is 3. The summed E-state index contributed by atoms with van der Waals surface area (Å²) in [6.45, 7) is 7.29. The van der Waals surface area contributed by atoms with Crippen LogP contribution < -0.4 is 16.0 Å². The molecule has 1 amide bonds. The van der Waals surface area contributed by atoms with Crippen LogP contribution in [-0.4, -0.2) is 51.3 Å². The highest BCUT2D eigenvalue weighted by atomic mass is 16.5. The van der Waals surface area contributed by atoms with E-state index >= 15 is 0 Å². The van der Waals surface area contributed by atoms with E-state index in [1.54, 1.807) is 14.2 Å². The van der Waals surface area contributed by atoms with E-state index in [2.05, 4.69) is 41.7 Å². The summed E-state index contributed by atoms with van der Waals surface area (Å²) in [4.78, 5) is 16.2. The lowest BCUT2D eigenvalue weighted by Gasteiger charge is -2.30. The molecule has 6 heteroatoms. The van der Waals surface area contributed by atoms with Gasteiger partial charge in [0.2, 0.25) is 5.91 Å². The first-order valence-corrected chi connectivity index (χ1v) is 8.63. The molecule has 1 fully saturated rings. The third-order valence-corrected chi connectivity index (χ3v) is 4.32. The van der Waals surface area contributed by atoms with Crippen LogP contribution in [0.15, 0.2) is 4.99 Å². The van der Waals surface area contributed by atoms with Gasteiger partial charge in [0.1, 0.15) is 0 Å². The maximum Gasteiger partial charge on any atom is 0.239 e. The first-order chi connectivity index (χ1) is 10.9. The Balaban J connectivity index is 2.31. The summed E-state index contributed by atoms with van der Waals surface area (Å²) in [5.74, 6) is 0.647. The number of guanidine groups is 1. The second-order valence-corrected chi connectivity index (χ2v) is 7.30. The first kappa shape index (κ1) is 19.7. The smallest absolute Gasteiger partial charge is 0.239 e. The Morgan fingerprint density at radius 1 is 1.22 bits per heavy atom. The van der Waals surface area contributed by atoms with E-state index < -0.39 is 0 Å². The molecule has 0 aromatic carbocycles. The Hall–Kier alpha value is -1.30. The predicted octanol–water partition coefficient (Wildman–Crippen LogP) is 1.66. The van der Waals surface area contributed by atoms with E-state index in [1.807, 2.05) is 0 Å².